The lowest BCUT2D eigenvalue weighted by Crippen LogP contribution is -2.32. The summed E-state index contributed by atoms with van der Waals surface area (Å²) in [5.74, 6) is -1.01. The Balaban J connectivity index is 1.90. The van der Waals surface area contributed by atoms with Crippen molar-refractivity contribution >= 4 is 0 Å². The highest BCUT2D eigenvalue weighted by Gasteiger charge is 2.42. The molecular formula is C11H16F2N4. The molecule has 0 amide bonds. The van der Waals surface area contributed by atoms with Gasteiger partial charge in [0.2, 0.25) is 5.92 Å². The molecule has 1 fully saturated rings. The Hall–Kier alpha value is -1.04. The number of nitrogens with one attached hydrogen (secondary N) is 1. The first-order valence-corrected chi connectivity index (χ1v) is 6.11. The van der Waals surface area contributed by atoms with Gasteiger partial charge in [0.25, 0.3) is 0 Å². The number of hydrogen-bond acceptors (Lipinski definition) is 3. The van der Waals surface area contributed by atoms with Gasteiger partial charge in [0.15, 0.2) is 0 Å². The molecule has 2 atom stereocenters. The van der Waals surface area contributed by atoms with Gasteiger partial charge in [-0.15, -0.1) is 10.2 Å². The summed E-state index contributed by atoms with van der Waals surface area (Å²) in [5.41, 5.74) is 0. The average molecular weight is 242 g/mol. The topological polar surface area (TPSA) is 42.7 Å². The van der Waals surface area contributed by atoms with Crippen LogP contribution < -0.4 is 5.32 Å². The van der Waals surface area contributed by atoms with Gasteiger partial charge in [-0.1, -0.05) is 0 Å². The third-order valence-corrected chi connectivity index (χ3v) is 3.75. The van der Waals surface area contributed by atoms with E-state index in [1.54, 1.807) is 0 Å². The third kappa shape index (κ3) is 1.84. The van der Waals surface area contributed by atoms with Crippen molar-refractivity contribution in [2.45, 2.75) is 50.6 Å². The number of fused-ring (bicyclic) bond motifs is 1. The maximum Gasteiger partial charge on any atom is 0.248 e. The molecule has 0 saturated heterocycles. The summed E-state index contributed by atoms with van der Waals surface area (Å²) in [6.45, 7) is 3.65. The Bertz CT molecular complexity index is 429. The van der Waals surface area contributed by atoms with E-state index >= 15 is 0 Å². The minimum absolute atomic E-state index is 0.0202. The minimum Gasteiger partial charge on any atom is -0.312 e. The molecule has 4 nitrogen and oxygen atoms in total. The molecule has 0 spiro atoms. The predicted octanol–water partition coefficient (Wildman–Crippen LogP) is 1.85. The number of hydrogen-bond donors (Lipinski definition) is 1. The number of alkyl halides is 2. The molecule has 0 radical (unpaired) electrons. The zero-order chi connectivity index (χ0) is 12.0. The standard InChI is InChI=1S/C11H16F2N4/c1-7-9-15-16-10(17(9)5-4-14-7)8-2-3-11(12,13)6-8/h7-8,14H,2-6H2,1H3. The van der Waals surface area contributed by atoms with Gasteiger partial charge in [0.1, 0.15) is 11.6 Å². The molecule has 2 heterocycles. The zero-order valence-electron chi connectivity index (χ0n) is 9.79. The molecule has 1 aromatic heterocycles. The van der Waals surface area contributed by atoms with Crippen LogP contribution in [0.2, 0.25) is 0 Å². The minimum atomic E-state index is -2.52. The Morgan fingerprint density at radius 1 is 1.35 bits per heavy atom. The summed E-state index contributed by atoms with van der Waals surface area (Å²) in [7, 11) is 0. The van der Waals surface area contributed by atoms with E-state index in [-0.39, 0.29) is 24.8 Å². The fourth-order valence-electron chi connectivity index (χ4n) is 2.83. The molecule has 0 aromatic carbocycles. The van der Waals surface area contributed by atoms with Crippen LogP contribution in [-0.2, 0) is 6.54 Å². The van der Waals surface area contributed by atoms with E-state index in [9.17, 15) is 8.78 Å². The Morgan fingerprint density at radius 2 is 2.12 bits per heavy atom. The van der Waals surface area contributed by atoms with Crippen LogP contribution in [0.4, 0.5) is 8.78 Å². The molecule has 3 rings (SSSR count). The summed E-state index contributed by atoms with van der Waals surface area (Å²) in [6, 6.07) is 0.159. The van der Waals surface area contributed by atoms with Crippen molar-refractivity contribution < 1.29 is 8.78 Å². The van der Waals surface area contributed by atoms with Gasteiger partial charge in [0.05, 0.1) is 6.04 Å². The molecule has 1 aromatic rings. The SMILES string of the molecule is CC1NCCn2c(C3CCC(F)(F)C3)nnc21. The Labute approximate surface area is 98.4 Å². The molecular weight excluding hydrogens is 226 g/mol. The van der Waals surface area contributed by atoms with Crippen molar-refractivity contribution in [3.05, 3.63) is 11.6 Å². The largest absolute Gasteiger partial charge is 0.312 e. The lowest BCUT2D eigenvalue weighted by molar-refractivity contribution is 0.00743. The van der Waals surface area contributed by atoms with E-state index in [0.29, 0.717) is 6.42 Å². The summed E-state index contributed by atoms with van der Waals surface area (Å²) >= 11 is 0. The molecule has 1 saturated carbocycles. The van der Waals surface area contributed by atoms with Crippen LogP contribution >= 0.6 is 0 Å². The van der Waals surface area contributed by atoms with Gasteiger partial charge >= 0.3 is 0 Å². The van der Waals surface area contributed by atoms with Gasteiger partial charge < -0.3 is 9.88 Å². The molecule has 2 unspecified atom stereocenters. The van der Waals surface area contributed by atoms with Crippen molar-refractivity contribution in [1.29, 1.82) is 0 Å². The van der Waals surface area contributed by atoms with Gasteiger partial charge in [0, 0.05) is 31.8 Å². The Morgan fingerprint density at radius 3 is 2.82 bits per heavy atom. The van der Waals surface area contributed by atoms with Gasteiger partial charge in [-0.2, -0.15) is 0 Å². The number of nitrogens with zero attached hydrogens (tertiary/aromatic N) is 3. The van der Waals surface area contributed by atoms with Crippen molar-refractivity contribution in [3.8, 4) is 0 Å². The van der Waals surface area contributed by atoms with Gasteiger partial charge in [-0.3, -0.25) is 0 Å². The highest BCUT2D eigenvalue weighted by Crippen LogP contribution is 2.43. The average Bonchev–Trinajstić information content (AvgIpc) is 2.82. The van der Waals surface area contributed by atoms with Crippen LogP contribution in [0.25, 0.3) is 0 Å². The van der Waals surface area contributed by atoms with Crippen LogP contribution in [0, 0.1) is 0 Å². The number of rotatable bonds is 1. The first kappa shape index (κ1) is 11.1. The van der Waals surface area contributed by atoms with Crippen molar-refractivity contribution in [2.75, 3.05) is 6.54 Å². The molecule has 1 aliphatic heterocycles. The summed E-state index contributed by atoms with van der Waals surface area (Å²) in [6.07, 6.45) is 0.424. The molecule has 17 heavy (non-hydrogen) atoms. The van der Waals surface area contributed by atoms with Crippen LogP contribution in [0.15, 0.2) is 0 Å². The van der Waals surface area contributed by atoms with E-state index < -0.39 is 5.92 Å². The second-order valence-electron chi connectivity index (χ2n) is 5.04. The molecule has 1 aliphatic carbocycles. The van der Waals surface area contributed by atoms with Crippen LogP contribution in [0.5, 0.6) is 0 Å². The lowest BCUT2D eigenvalue weighted by Gasteiger charge is -2.23. The second-order valence-corrected chi connectivity index (χ2v) is 5.04. The monoisotopic (exact) mass is 242 g/mol. The maximum atomic E-state index is 13.2. The highest BCUT2D eigenvalue weighted by molar-refractivity contribution is 5.10. The summed E-state index contributed by atoms with van der Waals surface area (Å²) in [4.78, 5) is 0. The van der Waals surface area contributed by atoms with Gasteiger partial charge in [-0.25, -0.2) is 8.78 Å². The normalized spacial score (nSPS) is 31.5. The molecule has 0 bridgehead atoms. The quantitative estimate of drug-likeness (QED) is 0.817. The highest BCUT2D eigenvalue weighted by atomic mass is 19.3. The van der Waals surface area contributed by atoms with E-state index in [2.05, 4.69) is 15.5 Å². The van der Waals surface area contributed by atoms with Crippen molar-refractivity contribution in [2.24, 2.45) is 0 Å². The zero-order valence-corrected chi connectivity index (χ0v) is 9.79. The molecule has 94 valence electrons. The molecule has 1 N–H and O–H groups in total. The number of halogens is 2. The number of aromatic nitrogens is 3. The second kappa shape index (κ2) is 3.73. The van der Waals surface area contributed by atoms with Crippen LogP contribution in [0.1, 0.15) is 49.8 Å². The maximum absolute atomic E-state index is 13.2. The van der Waals surface area contributed by atoms with E-state index in [4.69, 9.17) is 0 Å². The van der Waals surface area contributed by atoms with E-state index in [1.165, 1.54) is 0 Å². The smallest absolute Gasteiger partial charge is 0.248 e. The summed E-state index contributed by atoms with van der Waals surface area (Å²) in [5, 5.41) is 11.6. The Kier molecular flexibility index (Phi) is 2.43. The first-order valence-electron chi connectivity index (χ1n) is 6.11. The van der Waals surface area contributed by atoms with Gasteiger partial charge in [-0.05, 0) is 13.3 Å². The van der Waals surface area contributed by atoms with Crippen molar-refractivity contribution in [1.82, 2.24) is 20.1 Å². The van der Waals surface area contributed by atoms with E-state index in [0.717, 1.165) is 24.7 Å². The summed E-state index contributed by atoms with van der Waals surface area (Å²) < 4.78 is 28.5. The van der Waals surface area contributed by atoms with Crippen molar-refractivity contribution in [3.63, 3.8) is 0 Å². The third-order valence-electron chi connectivity index (χ3n) is 3.75. The molecule has 2 aliphatic rings. The van der Waals surface area contributed by atoms with E-state index in [1.807, 2.05) is 11.5 Å². The fourth-order valence-corrected chi connectivity index (χ4v) is 2.83. The first-order chi connectivity index (χ1) is 8.07. The fraction of sp³-hybridized carbons (Fsp3) is 0.818. The molecule has 6 heteroatoms. The lowest BCUT2D eigenvalue weighted by atomic mass is 10.1. The van der Waals surface area contributed by atoms with Crippen LogP contribution in [-0.4, -0.2) is 27.2 Å². The van der Waals surface area contributed by atoms with Crippen LogP contribution in [0.3, 0.4) is 0 Å². The predicted molar refractivity (Wildman–Crippen MR) is 58.0 cm³/mol.